The predicted octanol–water partition coefficient (Wildman–Crippen LogP) is 1.08. The van der Waals surface area contributed by atoms with Crippen molar-refractivity contribution in [2.75, 3.05) is 44.2 Å². The summed E-state index contributed by atoms with van der Waals surface area (Å²) in [6, 6.07) is 8.75. The normalized spacial score (nSPS) is 17.8. The molecule has 0 bridgehead atoms. The van der Waals surface area contributed by atoms with Gasteiger partial charge in [0.2, 0.25) is 0 Å². The lowest BCUT2D eigenvalue weighted by Gasteiger charge is -2.36. The molecule has 88 valence electrons. The van der Waals surface area contributed by atoms with Crippen molar-refractivity contribution >= 4 is 5.69 Å². The van der Waals surface area contributed by atoms with E-state index in [0.29, 0.717) is 0 Å². The predicted molar refractivity (Wildman–Crippen MR) is 68.9 cm³/mol. The molecule has 1 aliphatic heterocycles. The molecule has 1 fully saturated rings. The van der Waals surface area contributed by atoms with E-state index in [9.17, 15) is 0 Å². The Morgan fingerprint density at radius 1 is 1.19 bits per heavy atom. The minimum absolute atomic E-state index is 0.768. The van der Waals surface area contributed by atoms with Gasteiger partial charge in [-0.2, -0.15) is 0 Å². The van der Waals surface area contributed by atoms with Crippen molar-refractivity contribution in [3.63, 3.8) is 0 Å². The topological polar surface area (TPSA) is 32.5 Å². The SMILES string of the molecule is Cc1cccc(N2CCN(CCN)CC2)c1. The van der Waals surface area contributed by atoms with Crippen molar-refractivity contribution in [3.05, 3.63) is 29.8 Å². The number of nitrogens with two attached hydrogens (primary N) is 1. The molecule has 0 radical (unpaired) electrons. The van der Waals surface area contributed by atoms with Gasteiger partial charge in [0.05, 0.1) is 0 Å². The van der Waals surface area contributed by atoms with Gasteiger partial charge in [0.15, 0.2) is 0 Å². The molecule has 0 amide bonds. The van der Waals surface area contributed by atoms with Crippen LogP contribution in [-0.4, -0.2) is 44.2 Å². The molecular weight excluding hydrogens is 198 g/mol. The van der Waals surface area contributed by atoms with Gasteiger partial charge in [0.1, 0.15) is 0 Å². The second-order valence-electron chi connectivity index (χ2n) is 4.46. The van der Waals surface area contributed by atoms with E-state index >= 15 is 0 Å². The lowest BCUT2D eigenvalue weighted by Crippen LogP contribution is -2.47. The third-order valence-corrected chi connectivity index (χ3v) is 3.18. The quantitative estimate of drug-likeness (QED) is 0.825. The maximum atomic E-state index is 5.57. The average molecular weight is 219 g/mol. The summed E-state index contributed by atoms with van der Waals surface area (Å²) in [7, 11) is 0. The second-order valence-corrected chi connectivity index (χ2v) is 4.46. The number of benzene rings is 1. The Morgan fingerprint density at radius 2 is 1.94 bits per heavy atom. The molecule has 0 unspecified atom stereocenters. The first-order chi connectivity index (χ1) is 7.79. The number of hydrogen-bond acceptors (Lipinski definition) is 3. The number of rotatable bonds is 3. The molecule has 1 aliphatic rings. The van der Waals surface area contributed by atoms with Crippen LogP contribution in [0.25, 0.3) is 0 Å². The van der Waals surface area contributed by atoms with Crippen molar-refractivity contribution in [2.45, 2.75) is 6.92 Å². The van der Waals surface area contributed by atoms with Crippen LogP contribution in [0.2, 0.25) is 0 Å². The summed E-state index contributed by atoms with van der Waals surface area (Å²) in [6.07, 6.45) is 0. The maximum absolute atomic E-state index is 5.57. The van der Waals surface area contributed by atoms with Crippen molar-refractivity contribution in [3.8, 4) is 0 Å². The van der Waals surface area contributed by atoms with Gasteiger partial charge in [-0.15, -0.1) is 0 Å². The summed E-state index contributed by atoms with van der Waals surface area (Å²) in [5.41, 5.74) is 8.26. The molecule has 2 N–H and O–H groups in total. The highest BCUT2D eigenvalue weighted by Gasteiger charge is 2.16. The molecular formula is C13H21N3. The first-order valence-electron chi connectivity index (χ1n) is 6.03. The van der Waals surface area contributed by atoms with Crippen LogP contribution in [0.5, 0.6) is 0 Å². The van der Waals surface area contributed by atoms with E-state index in [0.717, 1.165) is 39.3 Å². The fourth-order valence-corrected chi connectivity index (χ4v) is 2.24. The molecule has 16 heavy (non-hydrogen) atoms. The van der Waals surface area contributed by atoms with E-state index in [-0.39, 0.29) is 0 Å². The highest BCUT2D eigenvalue weighted by atomic mass is 15.3. The lowest BCUT2D eigenvalue weighted by atomic mass is 10.2. The van der Waals surface area contributed by atoms with Gasteiger partial charge in [0, 0.05) is 45.0 Å². The summed E-state index contributed by atoms with van der Waals surface area (Å²) in [6.45, 7) is 8.43. The Labute approximate surface area is 97.8 Å². The fourth-order valence-electron chi connectivity index (χ4n) is 2.24. The third kappa shape index (κ3) is 2.74. The first-order valence-corrected chi connectivity index (χ1v) is 6.03. The van der Waals surface area contributed by atoms with Crippen LogP contribution in [-0.2, 0) is 0 Å². The van der Waals surface area contributed by atoms with Gasteiger partial charge in [-0.25, -0.2) is 0 Å². The molecule has 1 heterocycles. The Hall–Kier alpha value is -1.06. The molecule has 3 nitrogen and oxygen atoms in total. The van der Waals surface area contributed by atoms with Crippen LogP contribution in [0.4, 0.5) is 5.69 Å². The van der Waals surface area contributed by atoms with E-state index in [1.54, 1.807) is 0 Å². The van der Waals surface area contributed by atoms with E-state index < -0.39 is 0 Å². The summed E-state index contributed by atoms with van der Waals surface area (Å²) in [5.74, 6) is 0. The number of piperazine rings is 1. The zero-order valence-electron chi connectivity index (χ0n) is 10.0. The minimum Gasteiger partial charge on any atom is -0.369 e. The Morgan fingerprint density at radius 3 is 2.56 bits per heavy atom. The minimum atomic E-state index is 0.768. The van der Waals surface area contributed by atoms with E-state index in [2.05, 4.69) is 41.0 Å². The largest absolute Gasteiger partial charge is 0.369 e. The Bertz CT molecular complexity index is 330. The number of nitrogens with zero attached hydrogens (tertiary/aromatic N) is 2. The number of anilines is 1. The molecule has 3 heteroatoms. The van der Waals surface area contributed by atoms with Crippen molar-refractivity contribution in [1.82, 2.24) is 4.90 Å². The van der Waals surface area contributed by atoms with Crippen LogP contribution in [0.1, 0.15) is 5.56 Å². The van der Waals surface area contributed by atoms with Crippen molar-refractivity contribution < 1.29 is 0 Å². The fraction of sp³-hybridized carbons (Fsp3) is 0.538. The standard InChI is InChI=1S/C13H21N3/c1-12-3-2-4-13(11-12)16-9-7-15(6-5-14)8-10-16/h2-4,11H,5-10,14H2,1H3. The van der Waals surface area contributed by atoms with Crippen LogP contribution in [0, 0.1) is 6.92 Å². The van der Waals surface area contributed by atoms with Gasteiger partial charge >= 0.3 is 0 Å². The molecule has 0 aromatic heterocycles. The second kappa shape index (κ2) is 5.32. The summed E-state index contributed by atoms with van der Waals surface area (Å²) in [4.78, 5) is 4.90. The smallest absolute Gasteiger partial charge is 0.0369 e. The van der Waals surface area contributed by atoms with Gasteiger partial charge in [-0.05, 0) is 24.6 Å². The molecule has 0 atom stereocenters. The van der Waals surface area contributed by atoms with Gasteiger partial charge < -0.3 is 10.6 Å². The van der Waals surface area contributed by atoms with Crippen LogP contribution in [0.3, 0.4) is 0 Å². The maximum Gasteiger partial charge on any atom is 0.0369 e. The van der Waals surface area contributed by atoms with Gasteiger partial charge in [-0.1, -0.05) is 12.1 Å². The zero-order valence-corrected chi connectivity index (χ0v) is 10.0. The molecule has 1 saturated heterocycles. The van der Waals surface area contributed by atoms with E-state index in [1.165, 1.54) is 11.3 Å². The van der Waals surface area contributed by atoms with Crippen LogP contribution < -0.4 is 10.6 Å². The van der Waals surface area contributed by atoms with E-state index in [4.69, 9.17) is 5.73 Å². The molecule has 0 spiro atoms. The molecule has 0 aliphatic carbocycles. The van der Waals surface area contributed by atoms with Crippen LogP contribution >= 0.6 is 0 Å². The van der Waals surface area contributed by atoms with E-state index in [1.807, 2.05) is 0 Å². The van der Waals surface area contributed by atoms with Crippen molar-refractivity contribution in [1.29, 1.82) is 0 Å². The molecule has 2 rings (SSSR count). The monoisotopic (exact) mass is 219 g/mol. The molecule has 1 aromatic rings. The third-order valence-electron chi connectivity index (χ3n) is 3.18. The zero-order chi connectivity index (χ0) is 11.4. The highest BCUT2D eigenvalue weighted by molar-refractivity contribution is 5.48. The van der Waals surface area contributed by atoms with Gasteiger partial charge in [0.25, 0.3) is 0 Å². The number of hydrogen-bond donors (Lipinski definition) is 1. The van der Waals surface area contributed by atoms with Crippen molar-refractivity contribution in [2.24, 2.45) is 5.73 Å². The first kappa shape index (κ1) is 11.4. The van der Waals surface area contributed by atoms with Crippen LogP contribution in [0.15, 0.2) is 24.3 Å². The molecule has 0 saturated carbocycles. The average Bonchev–Trinajstić information content (AvgIpc) is 2.30. The highest BCUT2D eigenvalue weighted by Crippen LogP contribution is 2.17. The summed E-state index contributed by atoms with van der Waals surface area (Å²) < 4.78 is 0. The lowest BCUT2D eigenvalue weighted by molar-refractivity contribution is 0.265. The van der Waals surface area contributed by atoms with Gasteiger partial charge in [-0.3, -0.25) is 4.90 Å². The summed E-state index contributed by atoms with van der Waals surface area (Å²) >= 11 is 0. The Balaban J connectivity index is 1.94. The molecule has 1 aromatic carbocycles. The summed E-state index contributed by atoms with van der Waals surface area (Å²) in [5, 5.41) is 0. The Kier molecular flexibility index (Phi) is 3.80. The number of aryl methyl sites for hydroxylation is 1.